The van der Waals surface area contributed by atoms with Gasteiger partial charge in [0.25, 0.3) is 0 Å². The normalized spacial score (nSPS) is 12.8. The molecule has 1 aromatic rings. The lowest BCUT2D eigenvalue weighted by Gasteiger charge is -2.19. The molecule has 0 saturated heterocycles. The van der Waals surface area contributed by atoms with E-state index in [1.54, 1.807) is 19.9 Å². The summed E-state index contributed by atoms with van der Waals surface area (Å²) in [5.74, 6) is -2.01. The number of halogens is 3. The van der Waals surface area contributed by atoms with Crippen LogP contribution < -0.4 is 5.32 Å². The smallest absolute Gasteiger partial charge is 0.433 e. The molecule has 1 atom stereocenters. The number of rotatable bonds is 4. The third kappa shape index (κ3) is 3.60. The fourth-order valence-corrected chi connectivity index (χ4v) is 1.48. The van der Waals surface area contributed by atoms with Crippen LogP contribution in [0.1, 0.15) is 25.1 Å². The summed E-state index contributed by atoms with van der Waals surface area (Å²) in [5.41, 5.74) is -1.34. The van der Waals surface area contributed by atoms with Gasteiger partial charge < -0.3 is 10.4 Å². The van der Waals surface area contributed by atoms with Gasteiger partial charge in [-0.15, -0.1) is 0 Å². The Bertz CT molecular complexity index is 550. The average Bonchev–Trinajstić information content (AvgIpc) is 2.33. The quantitative estimate of drug-likeness (QED) is 0.888. The Morgan fingerprint density at radius 1 is 1.45 bits per heavy atom. The van der Waals surface area contributed by atoms with Crippen molar-refractivity contribution >= 4 is 11.8 Å². The van der Waals surface area contributed by atoms with Gasteiger partial charge in [0.2, 0.25) is 0 Å². The standard InChI is InChI=1S/C12H12F3N3O2/c1-6(2)9(11(19)20)18-10-7(5-16)3-4-8(17-10)12(13,14)15/h3-4,6,9H,1-2H3,(H,17,18)(H,19,20). The first kappa shape index (κ1) is 15.8. The highest BCUT2D eigenvalue weighted by Gasteiger charge is 2.33. The topological polar surface area (TPSA) is 86.0 Å². The number of nitrogens with zero attached hydrogens (tertiary/aromatic N) is 2. The summed E-state index contributed by atoms with van der Waals surface area (Å²) in [5, 5.41) is 20.2. The third-order valence-electron chi connectivity index (χ3n) is 2.53. The van der Waals surface area contributed by atoms with Crippen molar-refractivity contribution in [2.24, 2.45) is 5.92 Å². The van der Waals surface area contributed by atoms with Gasteiger partial charge in [-0.2, -0.15) is 18.4 Å². The molecule has 108 valence electrons. The van der Waals surface area contributed by atoms with Crippen LogP contribution in [0.25, 0.3) is 0 Å². The summed E-state index contributed by atoms with van der Waals surface area (Å²) in [4.78, 5) is 14.3. The van der Waals surface area contributed by atoms with Gasteiger partial charge in [-0.25, -0.2) is 9.78 Å². The number of nitriles is 1. The Balaban J connectivity index is 3.22. The van der Waals surface area contributed by atoms with Crippen LogP contribution in [0, 0.1) is 17.2 Å². The summed E-state index contributed by atoms with van der Waals surface area (Å²) in [6.07, 6.45) is -4.67. The Hall–Kier alpha value is -2.30. The van der Waals surface area contributed by atoms with Gasteiger partial charge in [0.05, 0.1) is 5.56 Å². The van der Waals surface area contributed by atoms with Crippen LogP contribution in [-0.2, 0) is 11.0 Å². The highest BCUT2D eigenvalue weighted by Crippen LogP contribution is 2.29. The van der Waals surface area contributed by atoms with E-state index in [4.69, 9.17) is 10.4 Å². The zero-order valence-electron chi connectivity index (χ0n) is 10.7. The third-order valence-corrected chi connectivity index (χ3v) is 2.53. The number of aromatic nitrogens is 1. The molecule has 0 aliphatic rings. The van der Waals surface area contributed by atoms with Crippen molar-refractivity contribution in [3.8, 4) is 6.07 Å². The number of alkyl halides is 3. The first-order valence-corrected chi connectivity index (χ1v) is 5.64. The number of carboxylic acids is 1. The molecule has 1 heterocycles. The van der Waals surface area contributed by atoms with Crippen LogP contribution in [0.2, 0.25) is 0 Å². The van der Waals surface area contributed by atoms with Crippen molar-refractivity contribution in [2.75, 3.05) is 5.32 Å². The van der Waals surface area contributed by atoms with Crippen molar-refractivity contribution < 1.29 is 23.1 Å². The van der Waals surface area contributed by atoms with E-state index in [1.165, 1.54) is 0 Å². The van der Waals surface area contributed by atoms with Gasteiger partial charge in [-0.3, -0.25) is 0 Å². The molecule has 1 rings (SSSR count). The molecular weight excluding hydrogens is 275 g/mol. The van der Waals surface area contributed by atoms with Crippen LogP contribution >= 0.6 is 0 Å². The lowest BCUT2D eigenvalue weighted by Crippen LogP contribution is -2.35. The number of pyridine rings is 1. The summed E-state index contributed by atoms with van der Waals surface area (Å²) in [7, 11) is 0. The molecule has 0 amide bonds. The van der Waals surface area contributed by atoms with E-state index < -0.39 is 29.8 Å². The Labute approximate surface area is 113 Å². The second-order valence-corrected chi connectivity index (χ2v) is 4.41. The summed E-state index contributed by atoms with van der Waals surface area (Å²) >= 11 is 0. The van der Waals surface area contributed by atoms with E-state index in [0.717, 1.165) is 6.07 Å². The van der Waals surface area contributed by atoms with Crippen LogP contribution in [-0.4, -0.2) is 22.1 Å². The summed E-state index contributed by atoms with van der Waals surface area (Å²) < 4.78 is 37.7. The number of carboxylic acid groups (broad SMARTS) is 1. The minimum atomic E-state index is -4.67. The highest BCUT2D eigenvalue weighted by atomic mass is 19.4. The van der Waals surface area contributed by atoms with Gasteiger partial charge >= 0.3 is 12.1 Å². The second-order valence-electron chi connectivity index (χ2n) is 4.41. The second kappa shape index (κ2) is 5.77. The van der Waals surface area contributed by atoms with Gasteiger partial charge in [-0.1, -0.05) is 13.8 Å². The summed E-state index contributed by atoms with van der Waals surface area (Å²) in [6.45, 7) is 3.18. The van der Waals surface area contributed by atoms with Crippen molar-refractivity contribution in [1.29, 1.82) is 5.26 Å². The van der Waals surface area contributed by atoms with Crippen LogP contribution in [0.5, 0.6) is 0 Å². The molecule has 0 fully saturated rings. The van der Waals surface area contributed by atoms with Crippen molar-refractivity contribution in [2.45, 2.75) is 26.1 Å². The molecule has 0 bridgehead atoms. The lowest BCUT2D eigenvalue weighted by atomic mass is 10.0. The van der Waals surface area contributed by atoms with Crippen LogP contribution in [0.15, 0.2) is 12.1 Å². The Kier molecular flexibility index (Phi) is 4.55. The molecule has 8 heteroatoms. The minimum absolute atomic E-state index is 0.148. The Morgan fingerprint density at radius 2 is 2.05 bits per heavy atom. The molecule has 0 radical (unpaired) electrons. The van der Waals surface area contributed by atoms with Crippen molar-refractivity contribution in [3.63, 3.8) is 0 Å². The molecule has 20 heavy (non-hydrogen) atoms. The number of anilines is 1. The van der Waals surface area contributed by atoms with E-state index >= 15 is 0 Å². The first-order chi connectivity index (χ1) is 9.16. The fraction of sp³-hybridized carbons (Fsp3) is 0.417. The zero-order chi connectivity index (χ0) is 15.5. The molecule has 5 nitrogen and oxygen atoms in total. The Morgan fingerprint density at radius 3 is 2.45 bits per heavy atom. The monoisotopic (exact) mass is 287 g/mol. The maximum atomic E-state index is 12.6. The van der Waals surface area contributed by atoms with Crippen molar-refractivity contribution in [1.82, 2.24) is 4.98 Å². The minimum Gasteiger partial charge on any atom is -0.480 e. The largest absolute Gasteiger partial charge is 0.480 e. The van der Waals surface area contributed by atoms with E-state index in [2.05, 4.69) is 10.3 Å². The van der Waals surface area contributed by atoms with E-state index in [1.807, 2.05) is 0 Å². The first-order valence-electron chi connectivity index (χ1n) is 5.64. The summed E-state index contributed by atoms with van der Waals surface area (Å²) in [6, 6.07) is 2.16. The van der Waals surface area contributed by atoms with Crippen LogP contribution in [0.4, 0.5) is 19.0 Å². The van der Waals surface area contributed by atoms with Crippen molar-refractivity contribution in [3.05, 3.63) is 23.4 Å². The van der Waals surface area contributed by atoms with E-state index in [0.29, 0.717) is 6.07 Å². The van der Waals surface area contributed by atoms with Crippen LogP contribution in [0.3, 0.4) is 0 Å². The van der Waals surface area contributed by atoms with E-state index in [-0.39, 0.29) is 11.4 Å². The van der Waals surface area contributed by atoms with Gasteiger partial charge in [0.15, 0.2) is 0 Å². The molecule has 1 aromatic heterocycles. The SMILES string of the molecule is CC(C)C(Nc1nc(C(F)(F)F)ccc1C#N)C(=O)O. The molecule has 1 unspecified atom stereocenters. The van der Waals surface area contributed by atoms with Gasteiger partial charge in [0.1, 0.15) is 23.6 Å². The van der Waals surface area contributed by atoms with E-state index in [9.17, 15) is 18.0 Å². The molecule has 0 aliphatic carbocycles. The fourth-order valence-electron chi connectivity index (χ4n) is 1.48. The average molecular weight is 287 g/mol. The molecule has 0 spiro atoms. The predicted octanol–water partition coefficient (Wildman–Crippen LogP) is 2.49. The molecule has 2 N–H and O–H groups in total. The maximum absolute atomic E-state index is 12.6. The molecule has 0 aliphatic heterocycles. The number of carbonyl (C=O) groups is 1. The van der Waals surface area contributed by atoms with Gasteiger partial charge in [-0.05, 0) is 18.1 Å². The number of hydrogen-bond acceptors (Lipinski definition) is 4. The molecular formula is C12H12F3N3O2. The zero-order valence-corrected chi connectivity index (χ0v) is 10.7. The number of nitrogens with one attached hydrogen (secondary N) is 1. The predicted molar refractivity (Wildman–Crippen MR) is 63.8 cm³/mol. The maximum Gasteiger partial charge on any atom is 0.433 e. The molecule has 0 aromatic carbocycles. The number of aliphatic carboxylic acids is 1. The highest BCUT2D eigenvalue weighted by molar-refractivity contribution is 5.77. The number of hydrogen-bond donors (Lipinski definition) is 2. The van der Waals surface area contributed by atoms with Gasteiger partial charge in [0, 0.05) is 0 Å². The molecule has 0 saturated carbocycles. The lowest BCUT2D eigenvalue weighted by molar-refractivity contribution is -0.141.